The second-order valence-electron chi connectivity index (χ2n) is 4.11. The summed E-state index contributed by atoms with van der Waals surface area (Å²) in [7, 11) is 0. The Morgan fingerprint density at radius 2 is 1.90 bits per heavy atom. The SMILES string of the molecule is Fc1ccc(OCc2ccc(Cl)c(F)c2)c(C#CCCl)c1. The van der Waals surface area contributed by atoms with E-state index in [1.807, 2.05) is 0 Å². The lowest BCUT2D eigenvalue weighted by molar-refractivity contribution is 0.304. The number of rotatable bonds is 3. The zero-order valence-corrected chi connectivity index (χ0v) is 12.3. The van der Waals surface area contributed by atoms with Gasteiger partial charge in [0.1, 0.15) is 24.0 Å². The quantitative estimate of drug-likeness (QED) is 0.582. The van der Waals surface area contributed by atoms with Gasteiger partial charge in [-0.15, -0.1) is 11.6 Å². The minimum atomic E-state index is -0.515. The maximum atomic E-state index is 13.3. The van der Waals surface area contributed by atoms with Crippen molar-refractivity contribution in [3.8, 4) is 17.6 Å². The smallest absolute Gasteiger partial charge is 0.142 e. The molecule has 0 saturated heterocycles. The van der Waals surface area contributed by atoms with E-state index < -0.39 is 11.6 Å². The highest BCUT2D eigenvalue weighted by Crippen LogP contribution is 2.21. The van der Waals surface area contributed by atoms with E-state index in [1.165, 1.54) is 30.3 Å². The summed E-state index contributed by atoms with van der Waals surface area (Å²) in [6, 6.07) is 8.39. The van der Waals surface area contributed by atoms with Gasteiger partial charge in [-0.25, -0.2) is 8.78 Å². The second-order valence-corrected chi connectivity index (χ2v) is 4.79. The van der Waals surface area contributed by atoms with Crippen LogP contribution in [0.5, 0.6) is 5.75 Å². The number of hydrogen-bond acceptors (Lipinski definition) is 1. The number of benzene rings is 2. The van der Waals surface area contributed by atoms with E-state index in [0.29, 0.717) is 16.9 Å². The molecule has 0 spiro atoms. The molecule has 5 heteroatoms. The van der Waals surface area contributed by atoms with Crippen molar-refractivity contribution in [2.24, 2.45) is 0 Å². The van der Waals surface area contributed by atoms with Crippen LogP contribution in [0.15, 0.2) is 36.4 Å². The summed E-state index contributed by atoms with van der Waals surface area (Å²) in [5, 5.41) is 0.0502. The predicted octanol–water partition coefficient (Wildman–Crippen LogP) is 4.79. The zero-order valence-electron chi connectivity index (χ0n) is 10.8. The fourth-order valence-electron chi connectivity index (χ4n) is 1.64. The van der Waals surface area contributed by atoms with Gasteiger partial charge >= 0.3 is 0 Å². The van der Waals surface area contributed by atoms with E-state index in [2.05, 4.69) is 11.8 Å². The molecule has 1 nitrogen and oxygen atoms in total. The molecule has 2 rings (SSSR count). The van der Waals surface area contributed by atoms with Crippen molar-refractivity contribution in [2.45, 2.75) is 6.61 Å². The Kier molecular flexibility index (Phi) is 5.44. The molecule has 0 radical (unpaired) electrons. The minimum Gasteiger partial charge on any atom is -0.488 e. The molecule has 21 heavy (non-hydrogen) atoms. The van der Waals surface area contributed by atoms with Crippen LogP contribution < -0.4 is 4.74 Å². The fourth-order valence-corrected chi connectivity index (χ4v) is 1.83. The summed E-state index contributed by atoms with van der Waals surface area (Å²) in [6.45, 7) is 0.120. The van der Waals surface area contributed by atoms with Crippen molar-refractivity contribution >= 4 is 23.2 Å². The van der Waals surface area contributed by atoms with Crippen molar-refractivity contribution in [1.29, 1.82) is 0 Å². The van der Waals surface area contributed by atoms with Crippen molar-refractivity contribution in [2.75, 3.05) is 5.88 Å². The Bertz CT molecular complexity index is 705. The van der Waals surface area contributed by atoms with Crippen molar-refractivity contribution in [3.05, 3.63) is 64.2 Å². The molecule has 0 heterocycles. The number of hydrogen-bond donors (Lipinski definition) is 0. The van der Waals surface area contributed by atoms with Crippen LogP contribution >= 0.6 is 23.2 Å². The van der Waals surface area contributed by atoms with Crippen LogP contribution in [-0.2, 0) is 6.61 Å². The third-order valence-corrected chi connectivity index (χ3v) is 3.05. The topological polar surface area (TPSA) is 9.23 Å². The van der Waals surface area contributed by atoms with E-state index in [1.54, 1.807) is 6.07 Å². The molecule has 0 fully saturated rings. The van der Waals surface area contributed by atoms with E-state index in [0.717, 1.165) is 0 Å². The highest BCUT2D eigenvalue weighted by atomic mass is 35.5. The summed E-state index contributed by atoms with van der Waals surface area (Å²) >= 11 is 11.1. The molecule has 2 aromatic rings. The van der Waals surface area contributed by atoms with Crippen LogP contribution in [0.4, 0.5) is 8.78 Å². The Morgan fingerprint density at radius 1 is 1.10 bits per heavy atom. The molecule has 0 aliphatic rings. The molecule has 0 amide bonds. The summed E-state index contributed by atoms with van der Waals surface area (Å²) < 4.78 is 32.1. The van der Waals surface area contributed by atoms with Gasteiger partial charge < -0.3 is 4.74 Å². The lowest BCUT2D eigenvalue weighted by atomic mass is 10.2. The zero-order chi connectivity index (χ0) is 15.2. The van der Waals surface area contributed by atoms with Gasteiger partial charge in [-0.2, -0.15) is 0 Å². The summed E-state index contributed by atoms with van der Waals surface area (Å²) in [5.74, 6) is 4.97. The molecule has 0 aliphatic heterocycles. The van der Waals surface area contributed by atoms with Gasteiger partial charge in [-0.1, -0.05) is 29.5 Å². The maximum Gasteiger partial charge on any atom is 0.142 e. The van der Waals surface area contributed by atoms with Crippen molar-refractivity contribution in [1.82, 2.24) is 0 Å². The molecular weight excluding hydrogens is 317 g/mol. The van der Waals surface area contributed by atoms with Crippen LogP contribution in [-0.4, -0.2) is 5.88 Å². The standard InChI is InChI=1S/C16H10Cl2F2O/c17-7-1-2-12-9-13(19)4-6-16(12)21-10-11-3-5-14(18)15(20)8-11/h3-6,8-9H,7,10H2. The number of ether oxygens (including phenoxy) is 1. The van der Waals surface area contributed by atoms with Gasteiger partial charge in [0.2, 0.25) is 0 Å². The highest BCUT2D eigenvalue weighted by Gasteiger charge is 2.06. The number of halogens is 4. The maximum absolute atomic E-state index is 13.3. The molecule has 0 N–H and O–H groups in total. The second kappa shape index (κ2) is 7.31. The molecular formula is C16H10Cl2F2O. The Balaban J connectivity index is 2.17. The van der Waals surface area contributed by atoms with Crippen LogP contribution in [0.25, 0.3) is 0 Å². The Hall–Kier alpha value is -1.76. The lowest BCUT2D eigenvalue weighted by Gasteiger charge is -2.09. The van der Waals surface area contributed by atoms with Crippen LogP contribution in [0.2, 0.25) is 5.02 Å². The Labute approximate surface area is 131 Å². The summed E-state index contributed by atoms with van der Waals surface area (Å²) in [4.78, 5) is 0. The molecule has 108 valence electrons. The predicted molar refractivity (Wildman–Crippen MR) is 79.7 cm³/mol. The van der Waals surface area contributed by atoms with Gasteiger partial charge in [-0.05, 0) is 35.9 Å². The van der Waals surface area contributed by atoms with Crippen molar-refractivity contribution < 1.29 is 13.5 Å². The van der Waals surface area contributed by atoms with E-state index >= 15 is 0 Å². The van der Waals surface area contributed by atoms with E-state index in [4.69, 9.17) is 27.9 Å². The summed E-state index contributed by atoms with van der Waals surface area (Å²) in [6.07, 6.45) is 0. The third-order valence-electron chi connectivity index (χ3n) is 2.61. The molecule has 0 bridgehead atoms. The first kappa shape index (κ1) is 15.6. The van der Waals surface area contributed by atoms with Gasteiger partial charge in [0, 0.05) is 0 Å². The Morgan fingerprint density at radius 3 is 2.62 bits per heavy atom. The third kappa shape index (κ3) is 4.35. The fraction of sp³-hybridized carbons (Fsp3) is 0.125. The van der Waals surface area contributed by atoms with Crippen molar-refractivity contribution in [3.63, 3.8) is 0 Å². The van der Waals surface area contributed by atoms with Gasteiger partial charge in [-0.3, -0.25) is 0 Å². The van der Waals surface area contributed by atoms with E-state index in [-0.39, 0.29) is 17.5 Å². The normalized spacial score (nSPS) is 9.90. The molecule has 0 aliphatic carbocycles. The van der Waals surface area contributed by atoms with Crippen LogP contribution in [0, 0.1) is 23.5 Å². The molecule has 0 aromatic heterocycles. The lowest BCUT2D eigenvalue weighted by Crippen LogP contribution is -1.98. The molecule has 0 atom stereocenters. The van der Waals surface area contributed by atoms with Gasteiger partial charge in [0.25, 0.3) is 0 Å². The number of alkyl halides is 1. The molecule has 0 saturated carbocycles. The minimum absolute atomic E-state index is 0.0502. The average molecular weight is 327 g/mol. The first-order chi connectivity index (χ1) is 10.1. The molecule has 2 aromatic carbocycles. The highest BCUT2D eigenvalue weighted by molar-refractivity contribution is 6.30. The molecule has 0 unspecified atom stereocenters. The van der Waals surface area contributed by atoms with E-state index in [9.17, 15) is 8.78 Å². The first-order valence-corrected chi connectivity index (χ1v) is 6.92. The summed E-state index contributed by atoms with van der Waals surface area (Å²) in [5.41, 5.74) is 1.00. The largest absolute Gasteiger partial charge is 0.488 e. The van der Waals surface area contributed by atoms with Gasteiger partial charge in [0.05, 0.1) is 16.5 Å². The monoisotopic (exact) mass is 326 g/mol. The van der Waals surface area contributed by atoms with Gasteiger partial charge in [0.15, 0.2) is 0 Å². The van der Waals surface area contributed by atoms with Crippen LogP contribution in [0.1, 0.15) is 11.1 Å². The van der Waals surface area contributed by atoms with Crippen LogP contribution in [0.3, 0.4) is 0 Å². The average Bonchev–Trinajstić information content (AvgIpc) is 2.47. The first-order valence-electron chi connectivity index (χ1n) is 6.01.